The van der Waals surface area contributed by atoms with Crippen molar-refractivity contribution in [2.24, 2.45) is 5.41 Å². The molecule has 1 aromatic carbocycles. The zero-order valence-corrected chi connectivity index (χ0v) is 15.9. The number of carbonyl (C=O) groups is 2. The van der Waals surface area contributed by atoms with Gasteiger partial charge in [0, 0.05) is 36.9 Å². The lowest BCUT2D eigenvalue weighted by molar-refractivity contribution is -0.249. The highest BCUT2D eigenvalue weighted by Crippen LogP contribution is 2.40. The molecule has 0 bridgehead atoms. The first-order chi connectivity index (χ1) is 11.0. The predicted molar refractivity (Wildman–Crippen MR) is 88.6 cm³/mol. The summed E-state index contributed by atoms with van der Waals surface area (Å²) in [5.74, 6) is -0.998. The zero-order valence-electron chi connectivity index (χ0n) is 14.9. The van der Waals surface area contributed by atoms with E-state index in [0.29, 0.717) is 11.8 Å². The molecule has 131 valence electrons. The molecule has 1 aliphatic rings. The second-order valence-electron chi connectivity index (χ2n) is 6.88. The lowest BCUT2D eigenvalue weighted by Crippen LogP contribution is -2.50. The highest BCUT2D eigenvalue weighted by Gasteiger charge is 2.44. The Balaban J connectivity index is 2.29. The number of hydrogen-bond donors (Lipinski definition) is 0. The minimum Gasteiger partial charge on any atom is -0.480 e. The van der Waals surface area contributed by atoms with Crippen LogP contribution >= 0.6 is 0 Å². The molecule has 0 amide bonds. The third-order valence-corrected chi connectivity index (χ3v) is 5.67. The van der Waals surface area contributed by atoms with E-state index in [-0.39, 0.29) is 5.41 Å². The van der Waals surface area contributed by atoms with E-state index in [1.165, 1.54) is 13.8 Å². The lowest BCUT2D eigenvalue weighted by atomic mass is 9.86. The van der Waals surface area contributed by atoms with Crippen molar-refractivity contribution in [3.05, 3.63) is 23.8 Å². The molecule has 1 unspecified atom stereocenters. The Morgan fingerprint density at radius 2 is 1.75 bits per heavy atom. The molecule has 2 rings (SSSR count). The van der Waals surface area contributed by atoms with E-state index in [1.54, 1.807) is 18.2 Å². The second kappa shape index (κ2) is 6.56. The van der Waals surface area contributed by atoms with Crippen molar-refractivity contribution >= 4 is 26.4 Å². The standard InChI is InChI=1S/C17H23O6Si/c1-11(18)22-24(23-12(2)19)14-7-8-15-13(9-14)10-20-17(6,21-15)16(3,4)5/h7-9H,10H2,1-6H3. The summed E-state index contributed by atoms with van der Waals surface area (Å²) in [4.78, 5) is 22.5. The average molecular weight is 351 g/mol. The molecule has 0 N–H and O–H groups in total. The molecule has 1 aromatic rings. The van der Waals surface area contributed by atoms with Gasteiger partial charge in [0.1, 0.15) is 5.75 Å². The molecule has 1 aliphatic heterocycles. The van der Waals surface area contributed by atoms with Gasteiger partial charge in [-0.05, 0) is 12.1 Å². The molecular weight excluding hydrogens is 328 g/mol. The number of hydrogen-bond acceptors (Lipinski definition) is 6. The number of fused-ring (bicyclic) bond motifs is 1. The molecular formula is C17H23O6Si. The van der Waals surface area contributed by atoms with Crippen molar-refractivity contribution < 1.29 is 27.9 Å². The summed E-state index contributed by atoms with van der Waals surface area (Å²) in [6.07, 6.45) is 0. The maximum absolute atomic E-state index is 11.3. The molecule has 0 fully saturated rings. The monoisotopic (exact) mass is 351 g/mol. The molecule has 0 saturated heterocycles. The van der Waals surface area contributed by atoms with E-state index < -0.39 is 27.0 Å². The van der Waals surface area contributed by atoms with Crippen molar-refractivity contribution in [3.63, 3.8) is 0 Å². The quantitative estimate of drug-likeness (QED) is 0.778. The lowest BCUT2D eigenvalue weighted by Gasteiger charge is -2.44. The van der Waals surface area contributed by atoms with Crippen LogP contribution in [0.25, 0.3) is 0 Å². The Kier molecular flexibility index (Phi) is 5.05. The van der Waals surface area contributed by atoms with Crippen LogP contribution < -0.4 is 9.92 Å². The molecule has 0 spiro atoms. The number of carbonyl (C=O) groups excluding carboxylic acids is 2. The average Bonchev–Trinajstić information content (AvgIpc) is 2.44. The van der Waals surface area contributed by atoms with E-state index in [0.717, 1.165) is 11.3 Å². The molecule has 1 atom stereocenters. The van der Waals surface area contributed by atoms with Crippen LogP contribution in [0.1, 0.15) is 47.1 Å². The smallest absolute Gasteiger partial charge is 0.480 e. The molecule has 0 aromatic heterocycles. The van der Waals surface area contributed by atoms with Crippen LogP contribution in [0.5, 0.6) is 5.75 Å². The summed E-state index contributed by atoms with van der Waals surface area (Å²) in [5.41, 5.74) is 0.629. The Hall–Kier alpha value is -1.86. The van der Waals surface area contributed by atoms with Gasteiger partial charge in [0.2, 0.25) is 5.79 Å². The fourth-order valence-corrected chi connectivity index (χ4v) is 3.45. The maximum atomic E-state index is 11.3. The third-order valence-electron chi connectivity index (χ3n) is 3.94. The van der Waals surface area contributed by atoms with Gasteiger partial charge < -0.3 is 18.3 Å². The van der Waals surface area contributed by atoms with E-state index in [4.69, 9.17) is 18.3 Å². The molecule has 7 heteroatoms. The van der Waals surface area contributed by atoms with Gasteiger partial charge in [-0.2, -0.15) is 0 Å². The number of benzene rings is 1. The summed E-state index contributed by atoms with van der Waals surface area (Å²) in [5, 5.41) is 0.649. The van der Waals surface area contributed by atoms with Crippen LogP contribution in [0.15, 0.2) is 18.2 Å². The summed E-state index contributed by atoms with van der Waals surface area (Å²) in [6, 6.07) is 5.36. The Morgan fingerprint density at radius 1 is 1.17 bits per heavy atom. The first kappa shape index (κ1) is 18.5. The SMILES string of the molecule is CC(=O)O[Si](OC(C)=O)c1ccc2c(c1)COC(C)(C(C)(C)C)O2. The Bertz CT molecular complexity index is 635. The topological polar surface area (TPSA) is 71.1 Å². The van der Waals surface area contributed by atoms with Gasteiger partial charge in [0.05, 0.1) is 6.61 Å². The van der Waals surface area contributed by atoms with E-state index in [9.17, 15) is 9.59 Å². The second-order valence-corrected chi connectivity index (χ2v) is 8.44. The van der Waals surface area contributed by atoms with Crippen molar-refractivity contribution in [3.8, 4) is 5.75 Å². The van der Waals surface area contributed by atoms with Crippen LogP contribution in [0.3, 0.4) is 0 Å². The van der Waals surface area contributed by atoms with Crippen LogP contribution in [0.4, 0.5) is 0 Å². The molecule has 1 radical (unpaired) electrons. The Labute approximate surface area is 143 Å². The summed E-state index contributed by atoms with van der Waals surface area (Å²) in [6.45, 7) is 11.0. The van der Waals surface area contributed by atoms with Gasteiger partial charge in [-0.1, -0.05) is 26.8 Å². The minimum atomic E-state index is -2.22. The van der Waals surface area contributed by atoms with Crippen LogP contribution in [-0.2, 0) is 29.8 Å². The summed E-state index contributed by atoms with van der Waals surface area (Å²) < 4.78 is 22.3. The predicted octanol–water partition coefficient (Wildman–Crippen LogP) is 2.18. The summed E-state index contributed by atoms with van der Waals surface area (Å²) in [7, 11) is -2.22. The zero-order chi connectivity index (χ0) is 18.1. The summed E-state index contributed by atoms with van der Waals surface area (Å²) >= 11 is 0. The molecule has 0 aliphatic carbocycles. The largest absolute Gasteiger partial charge is 0.576 e. The van der Waals surface area contributed by atoms with Crippen LogP contribution in [0, 0.1) is 5.41 Å². The number of rotatable bonds is 3. The van der Waals surface area contributed by atoms with Gasteiger partial charge >= 0.3 is 9.28 Å². The van der Waals surface area contributed by atoms with E-state index >= 15 is 0 Å². The first-order valence-corrected chi connectivity index (χ1v) is 9.03. The van der Waals surface area contributed by atoms with Crippen molar-refractivity contribution in [2.45, 2.75) is 53.9 Å². The van der Waals surface area contributed by atoms with Crippen LogP contribution in [-0.4, -0.2) is 27.0 Å². The van der Waals surface area contributed by atoms with Gasteiger partial charge in [-0.15, -0.1) is 0 Å². The molecule has 0 saturated carbocycles. The highest BCUT2D eigenvalue weighted by molar-refractivity contribution is 6.64. The Morgan fingerprint density at radius 3 is 2.25 bits per heavy atom. The fourth-order valence-electron chi connectivity index (χ4n) is 2.14. The molecule has 1 heterocycles. The van der Waals surface area contributed by atoms with Crippen molar-refractivity contribution in [1.82, 2.24) is 0 Å². The highest BCUT2D eigenvalue weighted by atomic mass is 28.3. The maximum Gasteiger partial charge on any atom is 0.576 e. The normalized spacial score (nSPS) is 20.1. The fraction of sp³-hybridized carbons (Fsp3) is 0.529. The minimum absolute atomic E-state index is 0.201. The van der Waals surface area contributed by atoms with Gasteiger partial charge in [-0.3, -0.25) is 9.59 Å². The van der Waals surface area contributed by atoms with Crippen molar-refractivity contribution in [1.29, 1.82) is 0 Å². The molecule has 24 heavy (non-hydrogen) atoms. The van der Waals surface area contributed by atoms with E-state index in [2.05, 4.69) is 20.8 Å². The van der Waals surface area contributed by atoms with Gasteiger partial charge in [0.25, 0.3) is 11.9 Å². The van der Waals surface area contributed by atoms with Crippen LogP contribution in [0.2, 0.25) is 0 Å². The third kappa shape index (κ3) is 3.96. The number of ether oxygens (including phenoxy) is 2. The first-order valence-electron chi connectivity index (χ1n) is 7.72. The molecule has 6 nitrogen and oxygen atoms in total. The van der Waals surface area contributed by atoms with Gasteiger partial charge in [0.15, 0.2) is 0 Å². The van der Waals surface area contributed by atoms with Crippen molar-refractivity contribution in [2.75, 3.05) is 0 Å². The van der Waals surface area contributed by atoms with E-state index in [1.807, 2.05) is 6.92 Å². The van der Waals surface area contributed by atoms with Gasteiger partial charge in [-0.25, -0.2) is 0 Å².